The van der Waals surface area contributed by atoms with Gasteiger partial charge in [0.15, 0.2) is 0 Å². The molecule has 1 saturated carbocycles. The van der Waals surface area contributed by atoms with Gasteiger partial charge in [-0.2, -0.15) is 5.26 Å². The van der Waals surface area contributed by atoms with Gasteiger partial charge in [0.1, 0.15) is 11.8 Å². The minimum Gasteiger partial charge on any atom is -0.368 e. The van der Waals surface area contributed by atoms with Crippen molar-refractivity contribution in [2.75, 3.05) is 11.1 Å². The van der Waals surface area contributed by atoms with Crippen LogP contribution in [0.3, 0.4) is 0 Å². The summed E-state index contributed by atoms with van der Waals surface area (Å²) in [7, 11) is 0. The van der Waals surface area contributed by atoms with Gasteiger partial charge in [-0.3, -0.25) is 4.79 Å². The smallest absolute Gasteiger partial charge is 0.235 e. The number of nitrogens with one attached hydrogen (secondary N) is 1. The zero-order valence-electron chi connectivity index (χ0n) is 15.1. The van der Waals surface area contributed by atoms with Gasteiger partial charge in [-0.25, -0.2) is 15.0 Å². The minimum absolute atomic E-state index is 0.0474. The number of nitrogens with two attached hydrogens (primary N) is 1. The monoisotopic (exact) mass is 370 g/mol. The number of hydrogen-bond acceptors (Lipinski definition) is 6. The van der Waals surface area contributed by atoms with Crippen LogP contribution in [0.1, 0.15) is 30.5 Å². The van der Waals surface area contributed by atoms with E-state index in [4.69, 9.17) is 11.0 Å². The molecule has 28 heavy (non-hydrogen) atoms. The van der Waals surface area contributed by atoms with Crippen molar-refractivity contribution < 1.29 is 4.79 Å². The summed E-state index contributed by atoms with van der Waals surface area (Å²) in [6.07, 6.45) is 7.47. The maximum absolute atomic E-state index is 13.0. The Hall–Kier alpha value is -3.79. The summed E-state index contributed by atoms with van der Waals surface area (Å²) >= 11 is 0. The molecule has 3 aromatic rings. The molecule has 4 rings (SSSR count). The highest BCUT2D eigenvalue weighted by molar-refractivity contribution is 5.99. The van der Waals surface area contributed by atoms with E-state index in [2.05, 4.69) is 20.3 Å². The molecule has 0 bridgehead atoms. The number of carbonyl (C=O) groups is 1. The number of nitrogen functional groups attached to an aromatic ring is 1. The van der Waals surface area contributed by atoms with Crippen molar-refractivity contribution in [1.29, 1.82) is 5.26 Å². The first-order chi connectivity index (χ1) is 13.6. The Morgan fingerprint density at radius 3 is 2.25 bits per heavy atom. The van der Waals surface area contributed by atoms with Gasteiger partial charge in [0.2, 0.25) is 11.9 Å². The van der Waals surface area contributed by atoms with E-state index in [-0.39, 0.29) is 11.9 Å². The molecule has 1 amide bonds. The summed E-state index contributed by atoms with van der Waals surface area (Å²) in [5.41, 5.74) is 8.73. The number of anilines is 2. The summed E-state index contributed by atoms with van der Waals surface area (Å²) in [5, 5.41) is 11.8. The quantitative estimate of drug-likeness (QED) is 0.729. The van der Waals surface area contributed by atoms with Gasteiger partial charge in [-0.15, -0.1) is 0 Å². The number of carbonyl (C=O) groups excluding carboxylic acids is 1. The second-order valence-electron chi connectivity index (χ2n) is 6.84. The lowest BCUT2D eigenvalue weighted by atomic mass is 9.63. The molecule has 3 N–H and O–H groups in total. The van der Waals surface area contributed by atoms with Crippen LogP contribution in [0, 0.1) is 11.3 Å². The molecule has 138 valence electrons. The van der Waals surface area contributed by atoms with Crippen molar-refractivity contribution in [3.63, 3.8) is 0 Å². The van der Waals surface area contributed by atoms with Crippen LogP contribution in [-0.2, 0) is 10.2 Å². The van der Waals surface area contributed by atoms with E-state index in [1.54, 1.807) is 24.5 Å². The van der Waals surface area contributed by atoms with E-state index in [9.17, 15) is 4.79 Å². The van der Waals surface area contributed by atoms with Crippen LogP contribution in [0.5, 0.6) is 0 Å². The van der Waals surface area contributed by atoms with Crippen LogP contribution >= 0.6 is 0 Å². The number of hydrogen-bond donors (Lipinski definition) is 2. The predicted molar refractivity (Wildman–Crippen MR) is 105 cm³/mol. The maximum Gasteiger partial charge on any atom is 0.235 e. The fraction of sp³-hybridized carbons (Fsp3) is 0.190. The Kier molecular flexibility index (Phi) is 4.45. The molecule has 2 aromatic heterocycles. The van der Waals surface area contributed by atoms with E-state index in [0.29, 0.717) is 11.4 Å². The average molecular weight is 370 g/mol. The second kappa shape index (κ2) is 7.08. The van der Waals surface area contributed by atoms with Crippen LogP contribution in [0.4, 0.5) is 11.6 Å². The van der Waals surface area contributed by atoms with Gasteiger partial charge in [-0.05, 0) is 36.1 Å². The highest BCUT2D eigenvalue weighted by Crippen LogP contribution is 2.45. The number of benzene rings is 1. The molecule has 1 fully saturated rings. The number of pyridine rings is 1. The van der Waals surface area contributed by atoms with Crippen molar-refractivity contribution in [1.82, 2.24) is 15.0 Å². The Balaban J connectivity index is 1.55. The molecule has 0 unspecified atom stereocenters. The standard InChI is InChI=1S/C21H18N6O/c22-10-17-6-7-18(13-24-17)27-19(28)21(8-1-9-21)16-4-2-14(3-5-16)15-11-25-20(23)26-12-15/h2-7,11-13H,1,8-9H2,(H,27,28)(H2,23,25,26). The van der Waals surface area contributed by atoms with Gasteiger partial charge < -0.3 is 11.1 Å². The van der Waals surface area contributed by atoms with E-state index < -0.39 is 5.41 Å². The zero-order valence-corrected chi connectivity index (χ0v) is 15.1. The molecule has 2 heterocycles. The molecule has 1 aliphatic carbocycles. The summed E-state index contributed by atoms with van der Waals surface area (Å²) in [4.78, 5) is 25.1. The molecule has 7 nitrogen and oxygen atoms in total. The van der Waals surface area contributed by atoms with Crippen molar-refractivity contribution in [2.24, 2.45) is 0 Å². The van der Waals surface area contributed by atoms with Crippen molar-refractivity contribution >= 4 is 17.5 Å². The largest absolute Gasteiger partial charge is 0.368 e. The fourth-order valence-electron chi connectivity index (χ4n) is 3.43. The molecular weight excluding hydrogens is 352 g/mol. The molecule has 0 aliphatic heterocycles. The zero-order chi connectivity index (χ0) is 19.6. The molecule has 0 spiro atoms. The first-order valence-electron chi connectivity index (χ1n) is 8.97. The van der Waals surface area contributed by atoms with Crippen molar-refractivity contribution in [3.8, 4) is 17.2 Å². The second-order valence-corrected chi connectivity index (χ2v) is 6.84. The number of rotatable bonds is 4. The van der Waals surface area contributed by atoms with Gasteiger partial charge in [-0.1, -0.05) is 30.7 Å². The molecule has 1 aromatic carbocycles. The van der Waals surface area contributed by atoms with Crippen molar-refractivity contribution in [2.45, 2.75) is 24.7 Å². The van der Waals surface area contributed by atoms with E-state index in [1.165, 1.54) is 6.20 Å². The third-order valence-corrected chi connectivity index (χ3v) is 5.22. The van der Waals surface area contributed by atoms with Gasteiger partial charge in [0.25, 0.3) is 0 Å². The Morgan fingerprint density at radius 2 is 1.71 bits per heavy atom. The van der Waals surface area contributed by atoms with Crippen LogP contribution < -0.4 is 11.1 Å². The third kappa shape index (κ3) is 3.16. The van der Waals surface area contributed by atoms with E-state index >= 15 is 0 Å². The average Bonchev–Trinajstić information content (AvgIpc) is 2.69. The van der Waals surface area contributed by atoms with Crippen LogP contribution in [-0.4, -0.2) is 20.9 Å². The van der Waals surface area contributed by atoms with Crippen molar-refractivity contribution in [3.05, 3.63) is 66.2 Å². The maximum atomic E-state index is 13.0. The van der Waals surface area contributed by atoms with E-state index in [1.807, 2.05) is 30.3 Å². The highest BCUT2D eigenvalue weighted by Gasteiger charge is 2.45. The minimum atomic E-state index is -0.538. The third-order valence-electron chi connectivity index (χ3n) is 5.22. The Bertz CT molecular complexity index is 1030. The van der Waals surface area contributed by atoms with Gasteiger partial charge in [0, 0.05) is 18.0 Å². The SMILES string of the molecule is N#Cc1ccc(NC(=O)C2(c3ccc(-c4cnc(N)nc4)cc3)CCC2)cn1. The number of aromatic nitrogens is 3. The molecule has 0 saturated heterocycles. The molecule has 0 atom stereocenters. The lowest BCUT2D eigenvalue weighted by Gasteiger charge is -2.40. The molecule has 0 radical (unpaired) electrons. The first-order valence-corrected chi connectivity index (χ1v) is 8.97. The Labute approximate surface area is 162 Å². The van der Waals surface area contributed by atoms with E-state index in [0.717, 1.165) is 36.0 Å². The Morgan fingerprint density at radius 1 is 1.00 bits per heavy atom. The molecule has 7 heteroatoms. The fourth-order valence-corrected chi connectivity index (χ4v) is 3.43. The lowest BCUT2D eigenvalue weighted by molar-refractivity contribution is -0.124. The van der Waals surface area contributed by atoms with Crippen LogP contribution in [0.15, 0.2) is 55.0 Å². The van der Waals surface area contributed by atoms with Crippen LogP contribution in [0.2, 0.25) is 0 Å². The highest BCUT2D eigenvalue weighted by atomic mass is 16.2. The normalized spacial score (nSPS) is 14.5. The summed E-state index contributed by atoms with van der Waals surface area (Å²) in [6.45, 7) is 0. The summed E-state index contributed by atoms with van der Waals surface area (Å²) in [6, 6.07) is 13.2. The van der Waals surface area contributed by atoms with Crippen LogP contribution in [0.25, 0.3) is 11.1 Å². The number of nitrogens with zero attached hydrogens (tertiary/aromatic N) is 4. The summed E-state index contributed by atoms with van der Waals surface area (Å²) < 4.78 is 0. The first kappa shape index (κ1) is 17.6. The topological polar surface area (TPSA) is 118 Å². The van der Waals surface area contributed by atoms with Gasteiger partial charge in [0.05, 0.1) is 17.3 Å². The number of nitriles is 1. The molecule has 1 aliphatic rings. The summed E-state index contributed by atoms with van der Waals surface area (Å²) in [5.74, 6) is 0.191. The number of amides is 1. The van der Waals surface area contributed by atoms with Gasteiger partial charge >= 0.3 is 0 Å². The lowest BCUT2D eigenvalue weighted by Crippen LogP contribution is -2.46. The molecular formula is C21H18N6O. The predicted octanol–water partition coefficient (Wildman–Crippen LogP) is 3.05.